The number of nitrogens with two attached hydrogens (primary N) is 1. The first kappa shape index (κ1) is 16.1. The Bertz CT molecular complexity index is 522. The van der Waals surface area contributed by atoms with Crippen molar-refractivity contribution in [3.63, 3.8) is 0 Å². The van der Waals surface area contributed by atoms with Gasteiger partial charge in [0, 0.05) is 23.8 Å². The topological polar surface area (TPSA) is 29.3 Å². The molecule has 1 aliphatic carbocycles. The van der Waals surface area contributed by atoms with E-state index in [9.17, 15) is 13.2 Å². The average molecular weight is 316 g/mol. The molecule has 0 amide bonds. The number of anilines is 1. The van der Waals surface area contributed by atoms with E-state index < -0.39 is 11.7 Å². The standard InChI is InChI=1S/C15H19F3N2S/c1-2-20(11-5-3-4-6-11)13-8-7-10(15(16,17)18)9-12(13)14(19)21/h7-9,11H,2-6H2,1H3,(H2,19,21). The molecule has 0 heterocycles. The van der Waals surface area contributed by atoms with Crippen LogP contribution in [0.4, 0.5) is 18.9 Å². The summed E-state index contributed by atoms with van der Waals surface area (Å²) in [5.41, 5.74) is 5.97. The number of benzene rings is 1. The normalized spacial score (nSPS) is 16.2. The van der Waals surface area contributed by atoms with E-state index in [-0.39, 0.29) is 4.99 Å². The molecule has 0 aliphatic heterocycles. The smallest absolute Gasteiger partial charge is 0.389 e. The molecule has 2 rings (SSSR count). The largest absolute Gasteiger partial charge is 0.416 e. The summed E-state index contributed by atoms with van der Waals surface area (Å²) in [6.45, 7) is 2.73. The second-order valence-electron chi connectivity index (χ2n) is 5.32. The SMILES string of the molecule is CCN(c1ccc(C(F)(F)F)cc1C(N)=S)C1CCCC1. The Morgan fingerprint density at radius 3 is 2.43 bits per heavy atom. The molecule has 0 aromatic heterocycles. The van der Waals surface area contributed by atoms with Crippen LogP contribution in [-0.2, 0) is 6.18 Å². The molecule has 1 fully saturated rings. The Balaban J connectivity index is 2.44. The maximum atomic E-state index is 12.8. The van der Waals surface area contributed by atoms with E-state index in [1.165, 1.54) is 6.07 Å². The molecule has 116 valence electrons. The van der Waals surface area contributed by atoms with E-state index in [2.05, 4.69) is 4.90 Å². The molecule has 0 atom stereocenters. The van der Waals surface area contributed by atoms with Gasteiger partial charge < -0.3 is 10.6 Å². The lowest BCUT2D eigenvalue weighted by Gasteiger charge is -2.32. The number of thiocarbonyl (C=S) groups is 1. The van der Waals surface area contributed by atoms with Crippen molar-refractivity contribution >= 4 is 22.9 Å². The summed E-state index contributed by atoms with van der Waals surface area (Å²) in [6, 6.07) is 4.03. The summed E-state index contributed by atoms with van der Waals surface area (Å²) in [7, 11) is 0. The lowest BCUT2D eigenvalue weighted by Crippen LogP contribution is -2.34. The predicted octanol–water partition coefficient (Wildman–Crippen LogP) is 4.11. The first-order chi connectivity index (χ1) is 9.84. The van der Waals surface area contributed by atoms with E-state index in [0.717, 1.165) is 44.4 Å². The Morgan fingerprint density at radius 2 is 1.95 bits per heavy atom. The highest BCUT2D eigenvalue weighted by Gasteiger charge is 2.32. The van der Waals surface area contributed by atoms with Crippen LogP contribution in [-0.4, -0.2) is 17.6 Å². The number of nitrogens with zero attached hydrogens (tertiary/aromatic N) is 1. The van der Waals surface area contributed by atoms with E-state index in [4.69, 9.17) is 18.0 Å². The van der Waals surface area contributed by atoms with Gasteiger partial charge in [0.15, 0.2) is 0 Å². The van der Waals surface area contributed by atoms with Gasteiger partial charge in [-0.2, -0.15) is 13.2 Å². The van der Waals surface area contributed by atoms with Gasteiger partial charge in [-0.1, -0.05) is 25.1 Å². The maximum Gasteiger partial charge on any atom is 0.416 e. The average Bonchev–Trinajstić information content (AvgIpc) is 2.92. The van der Waals surface area contributed by atoms with Crippen LogP contribution in [0, 0.1) is 0 Å². The molecule has 1 aromatic carbocycles. The van der Waals surface area contributed by atoms with Crippen LogP contribution in [0.5, 0.6) is 0 Å². The Kier molecular flexibility index (Phi) is 4.76. The molecule has 6 heteroatoms. The molecule has 0 saturated heterocycles. The highest BCUT2D eigenvalue weighted by molar-refractivity contribution is 7.80. The maximum absolute atomic E-state index is 12.8. The minimum Gasteiger partial charge on any atom is -0.389 e. The quantitative estimate of drug-likeness (QED) is 0.848. The molecule has 21 heavy (non-hydrogen) atoms. The lowest BCUT2D eigenvalue weighted by atomic mass is 10.0. The molecular formula is C15H19F3N2S. The van der Waals surface area contributed by atoms with Crippen molar-refractivity contribution in [1.29, 1.82) is 0 Å². The van der Waals surface area contributed by atoms with Crippen LogP contribution < -0.4 is 10.6 Å². The second kappa shape index (κ2) is 6.22. The van der Waals surface area contributed by atoms with Crippen LogP contribution in [0.3, 0.4) is 0 Å². The molecule has 1 aliphatic rings. The fourth-order valence-corrected chi connectivity index (χ4v) is 3.16. The molecule has 2 nitrogen and oxygen atoms in total. The van der Waals surface area contributed by atoms with Crippen LogP contribution in [0.15, 0.2) is 18.2 Å². The van der Waals surface area contributed by atoms with Gasteiger partial charge in [0.1, 0.15) is 4.99 Å². The summed E-state index contributed by atoms with van der Waals surface area (Å²) in [4.78, 5) is 2.13. The first-order valence-corrected chi connectivity index (χ1v) is 7.53. The highest BCUT2D eigenvalue weighted by atomic mass is 32.1. The van der Waals surface area contributed by atoms with Gasteiger partial charge in [-0.05, 0) is 38.0 Å². The number of rotatable bonds is 4. The zero-order valence-corrected chi connectivity index (χ0v) is 12.7. The van der Waals surface area contributed by atoms with Crippen molar-refractivity contribution in [3.8, 4) is 0 Å². The van der Waals surface area contributed by atoms with Gasteiger partial charge in [-0.15, -0.1) is 0 Å². The molecule has 1 saturated carbocycles. The van der Waals surface area contributed by atoms with Gasteiger partial charge in [0.05, 0.1) is 5.56 Å². The fourth-order valence-electron chi connectivity index (χ4n) is 3.00. The first-order valence-electron chi connectivity index (χ1n) is 7.12. The summed E-state index contributed by atoms with van der Waals surface area (Å²) in [5, 5.41) is 0. The molecule has 0 radical (unpaired) electrons. The molecule has 0 bridgehead atoms. The third-order valence-corrected chi connectivity index (χ3v) is 4.22. The van der Waals surface area contributed by atoms with Crippen LogP contribution in [0.25, 0.3) is 0 Å². The fraction of sp³-hybridized carbons (Fsp3) is 0.533. The monoisotopic (exact) mass is 316 g/mol. The van der Waals surface area contributed by atoms with Crippen molar-refractivity contribution in [1.82, 2.24) is 0 Å². The number of alkyl halides is 3. The molecule has 0 unspecified atom stereocenters. The second-order valence-corrected chi connectivity index (χ2v) is 5.76. The summed E-state index contributed by atoms with van der Waals surface area (Å²) in [5.74, 6) is 0. The Morgan fingerprint density at radius 1 is 1.33 bits per heavy atom. The van der Waals surface area contributed by atoms with Crippen molar-refractivity contribution < 1.29 is 13.2 Å². The van der Waals surface area contributed by atoms with Gasteiger partial charge in [-0.25, -0.2) is 0 Å². The molecular weight excluding hydrogens is 297 g/mol. The zero-order valence-electron chi connectivity index (χ0n) is 11.9. The van der Waals surface area contributed by atoms with E-state index >= 15 is 0 Å². The van der Waals surface area contributed by atoms with Gasteiger partial charge in [-0.3, -0.25) is 0 Å². The van der Waals surface area contributed by atoms with Gasteiger partial charge in [0.25, 0.3) is 0 Å². The van der Waals surface area contributed by atoms with Crippen molar-refractivity contribution in [3.05, 3.63) is 29.3 Å². The predicted molar refractivity (Wildman–Crippen MR) is 82.6 cm³/mol. The zero-order chi connectivity index (χ0) is 15.6. The molecule has 0 spiro atoms. The lowest BCUT2D eigenvalue weighted by molar-refractivity contribution is -0.137. The van der Waals surface area contributed by atoms with Gasteiger partial charge >= 0.3 is 6.18 Å². The Hall–Kier alpha value is -1.30. The third kappa shape index (κ3) is 3.48. The number of hydrogen-bond acceptors (Lipinski definition) is 2. The number of halogens is 3. The van der Waals surface area contributed by atoms with Crippen LogP contribution in [0.2, 0.25) is 0 Å². The van der Waals surface area contributed by atoms with Crippen molar-refractivity contribution in [2.75, 3.05) is 11.4 Å². The minimum absolute atomic E-state index is 0.00699. The van der Waals surface area contributed by atoms with Crippen molar-refractivity contribution in [2.45, 2.75) is 44.8 Å². The van der Waals surface area contributed by atoms with E-state index in [1.807, 2.05) is 6.92 Å². The van der Waals surface area contributed by atoms with E-state index in [1.54, 1.807) is 0 Å². The summed E-state index contributed by atoms with van der Waals surface area (Å²) in [6.07, 6.45) is 0.0498. The van der Waals surface area contributed by atoms with Crippen LogP contribution in [0.1, 0.15) is 43.7 Å². The molecule has 1 aromatic rings. The van der Waals surface area contributed by atoms with E-state index in [0.29, 0.717) is 17.3 Å². The number of hydrogen-bond donors (Lipinski definition) is 1. The third-order valence-electron chi connectivity index (χ3n) is 4.00. The highest BCUT2D eigenvalue weighted by Crippen LogP contribution is 2.35. The summed E-state index contributed by atoms with van der Waals surface area (Å²) >= 11 is 4.96. The van der Waals surface area contributed by atoms with Crippen LogP contribution >= 0.6 is 12.2 Å². The van der Waals surface area contributed by atoms with Crippen molar-refractivity contribution in [2.24, 2.45) is 5.73 Å². The van der Waals surface area contributed by atoms with Gasteiger partial charge in [0.2, 0.25) is 0 Å². The summed E-state index contributed by atoms with van der Waals surface area (Å²) < 4.78 is 38.5. The molecule has 2 N–H and O–H groups in total. The minimum atomic E-state index is -4.39. The Labute approximate surface area is 128 Å².